The van der Waals surface area contributed by atoms with Gasteiger partial charge in [0.2, 0.25) is 5.75 Å². The molecule has 0 atom stereocenters. The molecule has 0 saturated carbocycles. The van der Waals surface area contributed by atoms with Crippen molar-refractivity contribution in [1.82, 2.24) is 10.2 Å². The lowest BCUT2D eigenvalue weighted by atomic mass is 9.96. The molecular weight excluding hydrogens is 404 g/mol. The summed E-state index contributed by atoms with van der Waals surface area (Å²) in [5.74, 6) is 1.88. The van der Waals surface area contributed by atoms with Crippen molar-refractivity contribution in [2.45, 2.75) is 19.8 Å². The Labute approximate surface area is 191 Å². The number of benzene rings is 2. The van der Waals surface area contributed by atoms with Crippen LogP contribution in [0.4, 0.5) is 0 Å². The second kappa shape index (κ2) is 11.6. The highest BCUT2D eigenvalue weighted by atomic mass is 16.5. The summed E-state index contributed by atoms with van der Waals surface area (Å²) in [5, 5.41) is 3.40. The minimum atomic E-state index is -0.0383. The zero-order valence-corrected chi connectivity index (χ0v) is 19.5. The van der Waals surface area contributed by atoms with E-state index < -0.39 is 0 Å². The Morgan fingerprint density at radius 3 is 2.22 bits per heavy atom. The van der Waals surface area contributed by atoms with E-state index in [1.807, 2.05) is 23.1 Å². The second-order valence-corrected chi connectivity index (χ2v) is 8.19. The van der Waals surface area contributed by atoms with Gasteiger partial charge in [0.05, 0.1) is 21.3 Å². The molecule has 6 nitrogen and oxygen atoms in total. The maximum Gasteiger partial charge on any atom is 0.254 e. The van der Waals surface area contributed by atoms with E-state index in [-0.39, 0.29) is 5.91 Å². The van der Waals surface area contributed by atoms with Gasteiger partial charge in [-0.05, 0) is 56.5 Å². The lowest BCUT2D eigenvalue weighted by Crippen LogP contribution is -2.40. The number of carbonyl (C=O) groups is 1. The SMILES string of the molecule is COc1cc(C(=O)N(CC(C)=Cc2ccccc2)CC2CCNCC2)cc(OC)c1OC. The Balaban J connectivity index is 1.89. The third-order valence-corrected chi connectivity index (χ3v) is 5.79. The Kier molecular flexibility index (Phi) is 8.56. The normalized spacial score (nSPS) is 14.7. The zero-order valence-electron chi connectivity index (χ0n) is 19.5. The van der Waals surface area contributed by atoms with Crippen molar-refractivity contribution in [2.75, 3.05) is 47.5 Å². The molecule has 6 heteroatoms. The minimum absolute atomic E-state index is 0.0383. The fraction of sp³-hybridized carbons (Fsp3) is 0.423. The molecule has 1 fully saturated rings. The van der Waals surface area contributed by atoms with Crippen LogP contribution in [0, 0.1) is 5.92 Å². The predicted octanol–water partition coefficient (Wildman–Crippen LogP) is 4.26. The minimum Gasteiger partial charge on any atom is -0.493 e. The molecule has 1 aliphatic rings. The molecule has 1 saturated heterocycles. The molecule has 2 aromatic rings. The quantitative estimate of drug-likeness (QED) is 0.634. The van der Waals surface area contributed by atoms with Crippen LogP contribution in [0.3, 0.4) is 0 Å². The summed E-state index contributed by atoms with van der Waals surface area (Å²) in [4.78, 5) is 15.6. The van der Waals surface area contributed by atoms with E-state index in [4.69, 9.17) is 14.2 Å². The number of hydrogen-bond acceptors (Lipinski definition) is 5. The van der Waals surface area contributed by atoms with E-state index in [1.165, 1.54) is 0 Å². The summed E-state index contributed by atoms with van der Waals surface area (Å²) in [7, 11) is 4.68. The monoisotopic (exact) mass is 438 g/mol. The number of amides is 1. The highest BCUT2D eigenvalue weighted by molar-refractivity contribution is 5.96. The van der Waals surface area contributed by atoms with Crippen molar-refractivity contribution < 1.29 is 19.0 Å². The molecular formula is C26H34N2O4. The molecule has 2 aromatic carbocycles. The van der Waals surface area contributed by atoms with Gasteiger partial charge in [-0.25, -0.2) is 0 Å². The van der Waals surface area contributed by atoms with Crippen molar-refractivity contribution in [1.29, 1.82) is 0 Å². The molecule has 172 valence electrons. The van der Waals surface area contributed by atoms with Crippen molar-refractivity contribution in [3.8, 4) is 17.2 Å². The highest BCUT2D eigenvalue weighted by Crippen LogP contribution is 2.38. The van der Waals surface area contributed by atoms with Gasteiger partial charge in [-0.15, -0.1) is 0 Å². The Morgan fingerprint density at radius 1 is 1.03 bits per heavy atom. The van der Waals surface area contributed by atoms with E-state index in [2.05, 4.69) is 30.4 Å². The molecule has 32 heavy (non-hydrogen) atoms. The average Bonchev–Trinajstić information content (AvgIpc) is 2.83. The summed E-state index contributed by atoms with van der Waals surface area (Å²) in [5.41, 5.74) is 2.79. The molecule has 0 spiro atoms. The Bertz CT molecular complexity index is 896. The molecule has 3 rings (SSSR count). The molecule has 0 bridgehead atoms. The van der Waals surface area contributed by atoms with Crippen molar-refractivity contribution in [3.63, 3.8) is 0 Å². The number of hydrogen-bond donors (Lipinski definition) is 1. The Hall–Kier alpha value is -2.99. The number of nitrogens with one attached hydrogen (secondary N) is 1. The molecule has 0 aromatic heterocycles. The predicted molar refractivity (Wildman–Crippen MR) is 128 cm³/mol. The molecule has 1 amide bonds. The van der Waals surface area contributed by atoms with Gasteiger partial charge in [-0.2, -0.15) is 0 Å². The molecule has 1 heterocycles. The fourth-order valence-corrected chi connectivity index (χ4v) is 4.16. The third kappa shape index (κ3) is 6.04. The number of ether oxygens (including phenoxy) is 3. The first-order valence-corrected chi connectivity index (χ1v) is 11.1. The van der Waals surface area contributed by atoms with Crippen LogP contribution in [0.1, 0.15) is 35.7 Å². The van der Waals surface area contributed by atoms with Gasteiger partial charge in [-0.3, -0.25) is 4.79 Å². The van der Waals surface area contributed by atoms with Gasteiger partial charge in [0, 0.05) is 18.7 Å². The van der Waals surface area contributed by atoms with E-state index in [0.717, 1.165) is 43.6 Å². The van der Waals surface area contributed by atoms with Gasteiger partial charge in [0.1, 0.15) is 0 Å². The van der Waals surface area contributed by atoms with Crippen LogP contribution >= 0.6 is 0 Å². The number of carbonyl (C=O) groups excluding carboxylic acids is 1. The van der Waals surface area contributed by atoms with Gasteiger partial charge in [-0.1, -0.05) is 42.0 Å². The fourth-order valence-electron chi connectivity index (χ4n) is 4.16. The first kappa shape index (κ1) is 23.7. The average molecular weight is 439 g/mol. The number of nitrogens with zero attached hydrogens (tertiary/aromatic N) is 1. The summed E-state index contributed by atoms with van der Waals surface area (Å²) in [6.45, 7) is 5.35. The van der Waals surface area contributed by atoms with Gasteiger partial charge < -0.3 is 24.4 Å². The first-order valence-electron chi connectivity index (χ1n) is 11.1. The van der Waals surface area contributed by atoms with E-state index in [9.17, 15) is 4.79 Å². The van der Waals surface area contributed by atoms with Crippen LogP contribution in [0.15, 0.2) is 48.0 Å². The van der Waals surface area contributed by atoms with E-state index >= 15 is 0 Å². The number of piperidine rings is 1. The van der Waals surface area contributed by atoms with Crippen molar-refractivity contribution >= 4 is 12.0 Å². The summed E-state index contributed by atoms with van der Waals surface area (Å²) in [6.07, 6.45) is 4.28. The molecule has 1 aliphatic heterocycles. The Morgan fingerprint density at radius 2 is 1.66 bits per heavy atom. The lowest BCUT2D eigenvalue weighted by molar-refractivity contribution is 0.0732. The van der Waals surface area contributed by atoms with Crippen molar-refractivity contribution in [2.24, 2.45) is 5.92 Å². The standard InChI is InChI=1S/C26H34N2O4/c1-19(14-20-8-6-5-7-9-20)17-28(18-21-10-12-27-13-11-21)26(29)22-15-23(30-2)25(32-4)24(16-22)31-3/h5-9,14-16,21,27H,10-13,17-18H2,1-4H3. The van der Waals surface area contributed by atoms with E-state index in [0.29, 0.717) is 35.3 Å². The summed E-state index contributed by atoms with van der Waals surface area (Å²) in [6, 6.07) is 13.7. The van der Waals surface area contributed by atoms with Crippen LogP contribution in [0.2, 0.25) is 0 Å². The largest absolute Gasteiger partial charge is 0.493 e. The topological polar surface area (TPSA) is 60.0 Å². The maximum absolute atomic E-state index is 13.7. The highest BCUT2D eigenvalue weighted by Gasteiger charge is 2.24. The summed E-state index contributed by atoms with van der Waals surface area (Å²) < 4.78 is 16.3. The molecule has 1 N–H and O–H groups in total. The molecule has 0 unspecified atom stereocenters. The van der Waals surface area contributed by atoms with Crippen molar-refractivity contribution in [3.05, 3.63) is 59.2 Å². The van der Waals surface area contributed by atoms with Gasteiger partial charge >= 0.3 is 0 Å². The smallest absolute Gasteiger partial charge is 0.254 e. The van der Waals surface area contributed by atoms with Crippen LogP contribution in [-0.2, 0) is 0 Å². The maximum atomic E-state index is 13.7. The van der Waals surface area contributed by atoms with Gasteiger partial charge in [0.15, 0.2) is 11.5 Å². The third-order valence-electron chi connectivity index (χ3n) is 5.79. The van der Waals surface area contributed by atoms with Gasteiger partial charge in [0.25, 0.3) is 5.91 Å². The van der Waals surface area contributed by atoms with E-state index in [1.54, 1.807) is 33.5 Å². The zero-order chi connectivity index (χ0) is 22.9. The lowest BCUT2D eigenvalue weighted by Gasteiger charge is -2.31. The number of methoxy groups -OCH3 is 3. The summed E-state index contributed by atoms with van der Waals surface area (Å²) >= 11 is 0. The van der Waals surface area contributed by atoms with Crippen LogP contribution < -0.4 is 19.5 Å². The van der Waals surface area contributed by atoms with Crippen LogP contribution in [0.5, 0.6) is 17.2 Å². The van der Waals surface area contributed by atoms with Crippen LogP contribution in [0.25, 0.3) is 6.08 Å². The molecule has 0 aliphatic carbocycles. The molecule has 0 radical (unpaired) electrons. The first-order chi connectivity index (χ1) is 15.5. The second-order valence-electron chi connectivity index (χ2n) is 8.19. The van der Waals surface area contributed by atoms with Crippen LogP contribution in [-0.4, -0.2) is 58.3 Å². The number of rotatable bonds is 9.